The van der Waals surface area contributed by atoms with E-state index in [1.807, 2.05) is 29.2 Å². The summed E-state index contributed by atoms with van der Waals surface area (Å²) in [5, 5.41) is 4.20. The molecule has 0 aromatic heterocycles. The van der Waals surface area contributed by atoms with Crippen LogP contribution in [0.3, 0.4) is 0 Å². The molecule has 1 amide bonds. The monoisotopic (exact) mass is 306 g/mol. The molecule has 4 heteroatoms. The highest BCUT2D eigenvalue weighted by atomic mass is 35.5. The molecule has 3 nitrogen and oxygen atoms in total. The van der Waals surface area contributed by atoms with Crippen LogP contribution in [-0.2, 0) is 4.79 Å². The number of amides is 1. The molecule has 0 radical (unpaired) electrons. The van der Waals surface area contributed by atoms with Crippen LogP contribution in [0.25, 0.3) is 0 Å². The van der Waals surface area contributed by atoms with Gasteiger partial charge in [0.15, 0.2) is 0 Å². The van der Waals surface area contributed by atoms with E-state index in [9.17, 15) is 4.79 Å². The summed E-state index contributed by atoms with van der Waals surface area (Å²) in [6.07, 6.45) is 5.99. The molecule has 1 aliphatic heterocycles. The summed E-state index contributed by atoms with van der Waals surface area (Å²) in [4.78, 5) is 14.6. The standard InChI is InChI=1S/C17H23ClN2O/c1-2-15-17(21)20(11-10-12-4-3-5-12)16(19-15)13-6-8-14(18)9-7-13/h6-9,12,15-16,19H,2-5,10-11H2,1H3. The maximum atomic E-state index is 12.5. The van der Waals surface area contributed by atoms with Crippen molar-refractivity contribution in [2.75, 3.05) is 6.54 Å². The molecule has 21 heavy (non-hydrogen) atoms. The number of carbonyl (C=O) groups excluding carboxylic acids is 1. The van der Waals surface area contributed by atoms with Gasteiger partial charge in [-0.1, -0.05) is 49.9 Å². The number of nitrogens with zero attached hydrogens (tertiary/aromatic N) is 1. The van der Waals surface area contributed by atoms with E-state index in [1.165, 1.54) is 19.3 Å². The van der Waals surface area contributed by atoms with Gasteiger partial charge < -0.3 is 4.90 Å². The van der Waals surface area contributed by atoms with Crippen LogP contribution in [0.4, 0.5) is 0 Å². The zero-order chi connectivity index (χ0) is 14.8. The fraction of sp³-hybridized carbons (Fsp3) is 0.588. The lowest BCUT2D eigenvalue weighted by molar-refractivity contribution is -0.130. The van der Waals surface area contributed by atoms with Gasteiger partial charge >= 0.3 is 0 Å². The molecule has 3 rings (SSSR count). The fourth-order valence-electron chi connectivity index (χ4n) is 3.24. The first-order valence-electron chi connectivity index (χ1n) is 8.01. The molecule has 1 aromatic rings. The van der Waals surface area contributed by atoms with Crippen LogP contribution in [0.2, 0.25) is 5.02 Å². The van der Waals surface area contributed by atoms with Gasteiger partial charge in [-0.2, -0.15) is 0 Å². The number of hydrogen-bond donors (Lipinski definition) is 1. The first-order chi connectivity index (χ1) is 10.2. The number of halogens is 1. The number of carbonyl (C=O) groups is 1. The van der Waals surface area contributed by atoms with Crippen molar-refractivity contribution in [3.8, 4) is 0 Å². The molecule has 2 atom stereocenters. The van der Waals surface area contributed by atoms with E-state index in [4.69, 9.17) is 11.6 Å². The maximum absolute atomic E-state index is 12.5. The largest absolute Gasteiger partial charge is 0.322 e. The van der Waals surface area contributed by atoms with Gasteiger partial charge in [-0.25, -0.2) is 0 Å². The molecular weight excluding hydrogens is 284 g/mol. The van der Waals surface area contributed by atoms with Gasteiger partial charge in [-0.15, -0.1) is 0 Å². The molecule has 2 aliphatic rings. The van der Waals surface area contributed by atoms with Gasteiger partial charge in [0.25, 0.3) is 0 Å². The minimum atomic E-state index is -0.0490. The van der Waals surface area contributed by atoms with Gasteiger partial charge in [0.05, 0.1) is 6.04 Å². The van der Waals surface area contributed by atoms with E-state index in [0.717, 1.165) is 35.9 Å². The van der Waals surface area contributed by atoms with Crippen LogP contribution >= 0.6 is 11.6 Å². The van der Waals surface area contributed by atoms with Crippen LogP contribution in [-0.4, -0.2) is 23.4 Å². The topological polar surface area (TPSA) is 32.3 Å². The number of benzene rings is 1. The van der Waals surface area contributed by atoms with Gasteiger partial charge in [0, 0.05) is 11.6 Å². The first-order valence-corrected chi connectivity index (χ1v) is 8.39. The zero-order valence-corrected chi connectivity index (χ0v) is 13.3. The van der Waals surface area contributed by atoms with E-state index < -0.39 is 0 Å². The Balaban J connectivity index is 1.74. The summed E-state index contributed by atoms with van der Waals surface area (Å²) in [5.74, 6) is 1.07. The Labute approximate surface area is 131 Å². The number of rotatable bonds is 5. The molecule has 1 N–H and O–H groups in total. The van der Waals surface area contributed by atoms with Crippen molar-refractivity contribution in [1.82, 2.24) is 10.2 Å². The second-order valence-electron chi connectivity index (χ2n) is 6.20. The highest BCUT2D eigenvalue weighted by Gasteiger charge is 2.38. The number of nitrogens with one attached hydrogen (secondary N) is 1. The Morgan fingerprint density at radius 3 is 2.57 bits per heavy atom. The van der Waals surface area contributed by atoms with Gasteiger partial charge in [0.2, 0.25) is 5.91 Å². The normalized spacial score (nSPS) is 26.2. The van der Waals surface area contributed by atoms with E-state index >= 15 is 0 Å². The molecule has 0 bridgehead atoms. The summed E-state index contributed by atoms with van der Waals surface area (Å²) in [7, 11) is 0. The average molecular weight is 307 g/mol. The van der Waals surface area contributed by atoms with Gasteiger partial charge in [-0.3, -0.25) is 10.1 Å². The lowest BCUT2D eigenvalue weighted by Crippen LogP contribution is -2.33. The quantitative estimate of drug-likeness (QED) is 0.899. The third kappa shape index (κ3) is 3.09. The highest BCUT2D eigenvalue weighted by Crippen LogP contribution is 2.32. The third-order valence-corrected chi connectivity index (χ3v) is 5.10. The molecule has 0 spiro atoms. The number of hydrogen-bond acceptors (Lipinski definition) is 2. The maximum Gasteiger partial charge on any atom is 0.241 e. The minimum Gasteiger partial charge on any atom is -0.322 e. The van der Waals surface area contributed by atoms with Crippen molar-refractivity contribution < 1.29 is 4.79 Å². The van der Waals surface area contributed by atoms with Crippen molar-refractivity contribution >= 4 is 17.5 Å². The van der Waals surface area contributed by atoms with Crippen LogP contribution in [0.5, 0.6) is 0 Å². The van der Waals surface area contributed by atoms with E-state index in [0.29, 0.717) is 0 Å². The third-order valence-electron chi connectivity index (χ3n) is 4.85. The molecule has 1 saturated heterocycles. The van der Waals surface area contributed by atoms with Crippen molar-refractivity contribution in [2.45, 2.75) is 51.2 Å². The first kappa shape index (κ1) is 14.9. The van der Waals surface area contributed by atoms with Crippen LogP contribution in [0.15, 0.2) is 24.3 Å². The summed E-state index contributed by atoms with van der Waals surface area (Å²) >= 11 is 5.97. The summed E-state index contributed by atoms with van der Waals surface area (Å²) < 4.78 is 0. The summed E-state index contributed by atoms with van der Waals surface area (Å²) in [6.45, 7) is 2.92. The van der Waals surface area contributed by atoms with Crippen LogP contribution < -0.4 is 5.32 Å². The molecular formula is C17H23ClN2O. The van der Waals surface area contributed by atoms with Crippen molar-refractivity contribution in [3.63, 3.8) is 0 Å². The Bertz CT molecular complexity index is 498. The molecule has 2 fully saturated rings. The van der Waals surface area contributed by atoms with Crippen LogP contribution in [0, 0.1) is 5.92 Å². The Morgan fingerprint density at radius 1 is 1.29 bits per heavy atom. The molecule has 1 aliphatic carbocycles. The lowest BCUT2D eigenvalue weighted by Gasteiger charge is -2.30. The average Bonchev–Trinajstić information content (AvgIpc) is 2.75. The van der Waals surface area contributed by atoms with Crippen molar-refractivity contribution in [2.24, 2.45) is 5.92 Å². The van der Waals surface area contributed by atoms with Crippen LogP contribution in [0.1, 0.15) is 50.8 Å². The highest BCUT2D eigenvalue weighted by molar-refractivity contribution is 6.30. The second-order valence-corrected chi connectivity index (χ2v) is 6.64. The van der Waals surface area contributed by atoms with E-state index in [2.05, 4.69) is 12.2 Å². The molecule has 114 valence electrons. The zero-order valence-electron chi connectivity index (χ0n) is 12.5. The molecule has 1 aromatic carbocycles. The van der Waals surface area contributed by atoms with Crippen molar-refractivity contribution in [3.05, 3.63) is 34.9 Å². The van der Waals surface area contributed by atoms with E-state index in [-0.39, 0.29) is 18.1 Å². The molecule has 1 heterocycles. The molecule has 2 unspecified atom stereocenters. The lowest BCUT2D eigenvalue weighted by atomic mass is 9.83. The second kappa shape index (κ2) is 6.37. The molecule has 1 saturated carbocycles. The SMILES string of the molecule is CCC1NC(c2ccc(Cl)cc2)N(CCC2CCC2)C1=O. The summed E-state index contributed by atoms with van der Waals surface area (Å²) in [6, 6.07) is 7.77. The smallest absolute Gasteiger partial charge is 0.241 e. The van der Waals surface area contributed by atoms with Gasteiger partial charge in [-0.05, 0) is 36.5 Å². The van der Waals surface area contributed by atoms with E-state index in [1.54, 1.807) is 0 Å². The minimum absolute atomic E-state index is 0.000191. The van der Waals surface area contributed by atoms with Crippen molar-refractivity contribution in [1.29, 1.82) is 0 Å². The van der Waals surface area contributed by atoms with Gasteiger partial charge in [0.1, 0.15) is 6.17 Å². The Hall–Kier alpha value is -1.06. The Morgan fingerprint density at radius 2 is 2.00 bits per heavy atom. The fourth-order valence-corrected chi connectivity index (χ4v) is 3.36. The summed E-state index contributed by atoms with van der Waals surface area (Å²) in [5.41, 5.74) is 1.12. The Kier molecular flexibility index (Phi) is 4.51. The predicted molar refractivity (Wildman–Crippen MR) is 85.1 cm³/mol. The predicted octanol–water partition coefficient (Wildman–Crippen LogP) is 3.74.